The van der Waals surface area contributed by atoms with Crippen LogP contribution >= 0.6 is 24.0 Å². The molecular weight excluding hydrogens is 443 g/mol. The number of nitrogens with zero attached hydrogens (tertiary/aromatic N) is 2. The average Bonchev–Trinajstić information content (AvgIpc) is 3.07. The van der Waals surface area contributed by atoms with Crippen LogP contribution in [0.3, 0.4) is 0 Å². The molecule has 1 heterocycles. The third-order valence-corrected chi connectivity index (χ3v) is 3.67. The standard InChI is InChI=1S/C19H28N4O2.HI/c1-5-20-19(22-12-17-10-18(14(2)3)23-25-17)21-11-15-7-6-8-16(9-15)13-24-4;/h6-10,14H,5,11-13H2,1-4H3,(H2,20,21,22);1H. The summed E-state index contributed by atoms with van der Waals surface area (Å²) in [6.07, 6.45) is 0. The summed E-state index contributed by atoms with van der Waals surface area (Å²) in [7, 11) is 1.70. The molecule has 0 spiro atoms. The Labute approximate surface area is 172 Å². The molecular formula is C19H29IN4O2. The topological polar surface area (TPSA) is 71.7 Å². The zero-order chi connectivity index (χ0) is 18.1. The van der Waals surface area contributed by atoms with Crippen molar-refractivity contribution in [3.05, 3.63) is 52.9 Å². The van der Waals surface area contributed by atoms with Crippen molar-refractivity contribution in [1.82, 2.24) is 15.8 Å². The first-order valence-electron chi connectivity index (χ1n) is 8.66. The van der Waals surface area contributed by atoms with Gasteiger partial charge in [-0.15, -0.1) is 24.0 Å². The van der Waals surface area contributed by atoms with Crippen molar-refractivity contribution >= 4 is 29.9 Å². The molecule has 0 amide bonds. The summed E-state index contributed by atoms with van der Waals surface area (Å²) < 4.78 is 10.5. The van der Waals surface area contributed by atoms with Crippen molar-refractivity contribution in [3.63, 3.8) is 0 Å². The normalized spacial score (nSPS) is 11.3. The first-order valence-corrected chi connectivity index (χ1v) is 8.66. The van der Waals surface area contributed by atoms with Crippen LogP contribution in [0, 0.1) is 0 Å². The molecule has 26 heavy (non-hydrogen) atoms. The van der Waals surface area contributed by atoms with Gasteiger partial charge >= 0.3 is 0 Å². The number of nitrogens with one attached hydrogen (secondary N) is 2. The van der Waals surface area contributed by atoms with E-state index in [1.165, 1.54) is 0 Å². The van der Waals surface area contributed by atoms with Crippen molar-refractivity contribution in [2.75, 3.05) is 13.7 Å². The largest absolute Gasteiger partial charge is 0.380 e. The Kier molecular flexibility index (Phi) is 10.3. The van der Waals surface area contributed by atoms with Gasteiger partial charge in [0.25, 0.3) is 0 Å². The van der Waals surface area contributed by atoms with Crippen LogP contribution in [0.5, 0.6) is 0 Å². The van der Waals surface area contributed by atoms with E-state index >= 15 is 0 Å². The van der Waals surface area contributed by atoms with Gasteiger partial charge in [0.05, 0.1) is 25.4 Å². The van der Waals surface area contributed by atoms with Crippen LogP contribution < -0.4 is 10.6 Å². The van der Waals surface area contributed by atoms with Crippen molar-refractivity contribution in [1.29, 1.82) is 0 Å². The number of aliphatic imine (C=N–C) groups is 1. The first-order chi connectivity index (χ1) is 12.1. The van der Waals surface area contributed by atoms with Crippen LogP contribution in [0.2, 0.25) is 0 Å². The Morgan fingerprint density at radius 3 is 2.65 bits per heavy atom. The maximum atomic E-state index is 5.35. The lowest BCUT2D eigenvalue weighted by molar-refractivity contribution is 0.185. The van der Waals surface area contributed by atoms with Gasteiger partial charge in [-0.2, -0.15) is 0 Å². The summed E-state index contributed by atoms with van der Waals surface area (Å²) in [6, 6.07) is 10.2. The van der Waals surface area contributed by atoms with Gasteiger partial charge in [-0.1, -0.05) is 43.3 Å². The van der Waals surface area contributed by atoms with Gasteiger partial charge in [0, 0.05) is 19.7 Å². The number of benzene rings is 1. The number of methoxy groups -OCH3 is 1. The van der Waals surface area contributed by atoms with Gasteiger partial charge < -0.3 is 19.9 Å². The van der Waals surface area contributed by atoms with Crippen LogP contribution in [0.25, 0.3) is 0 Å². The van der Waals surface area contributed by atoms with E-state index in [9.17, 15) is 0 Å². The van der Waals surface area contributed by atoms with E-state index in [-0.39, 0.29) is 24.0 Å². The molecule has 2 rings (SSSR count). The molecule has 0 aliphatic heterocycles. The van der Waals surface area contributed by atoms with Crippen molar-refractivity contribution < 1.29 is 9.26 Å². The van der Waals surface area contributed by atoms with Gasteiger partial charge in [-0.3, -0.25) is 0 Å². The predicted molar refractivity (Wildman–Crippen MR) is 115 cm³/mol. The van der Waals surface area contributed by atoms with Crippen molar-refractivity contribution in [3.8, 4) is 0 Å². The third-order valence-electron chi connectivity index (χ3n) is 3.67. The van der Waals surface area contributed by atoms with E-state index in [4.69, 9.17) is 9.26 Å². The fourth-order valence-electron chi connectivity index (χ4n) is 2.35. The molecule has 0 bridgehead atoms. The van der Waals surface area contributed by atoms with E-state index in [2.05, 4.69) is 52.8 Å². The zero-order valence-corrected chi connectivity index (χ0v) is 18.2. The summed E-state index contributed by atoms with van der Waals surface area (Å²) in [6.45, 7) is 8.79. The molecule has 0 radical (unpaired) electrons. The van der Waals surface area contributed by atoms with Gasteiger partial charge in [0.15, 0.2) is 11.7 Å². The zero-order valence-electron chi connectivity index (χ0n) is 15.9. The molecule has 1 aromatic heterocycles. The number of rotatable bonds is 8. The number of aromatic nitrogens is 1. The summed E-state index contributed by atoms with van der Waals surface area (Å²) in [5, 5.41) is 10.6. The Morgan fingerprint density at radius 1 is 1.23 bits per heavy atom. The second-order valence-corrected chi connectivity index (χ2v) is 6.17. The number of hydrogen-bond donors (Lipinski definition) is 2. The highest BCUT2D eigenvalue weighted by atomic mass is 127. The van der Waals surface area contributed by atoms with Crippen LogP contribution in [-0.2, 0) is 24.4 Å². The Hall–Kier alpha value is -1.61. The molecule has 7 heteroatoms. The predicted octanol–water partition coefficient (Wildman–Crippen LogP) is 3.82. The van der Waals surface area contributed by atoms with Crippen LogP contribution in [0.15, 0.2) is 39.8 Å². The van der Waals surface area contributed by atoms with Gasteiger partial charge in [-0.25, -0.2) is 4.99 Å². The maximum Gasteiger partial charge on any atom is 0.191 e. The molecule has 0 fully saturated rings. The molecule has 0 unspecified atom stereocenters. The summed E-state index contributed by atoms with van der Waals surface area (Å²) in [5.74, 6) is 1.91. The van der Waals surface area contributed by atoms with E-state index in [0.717, 1.165) is 35.1 Å². The smallest absolute Gasteiger partial charge is 0.191 e. The quantitative estimate of drug-likeness (QED) is 0.347. The third kappa shape index (κ3) is 7.33. The van der Waals surface area contributed by atoms with Crippen LogP contribution in [0.1, 0.15) is 49.3 Å². The highest BCUT2D eigenvalue weighted by Crippen LogP contribution is 2.13. The molecule has 0 saturated heterocycles. The number of guanidine groups is 1. The van der Waals surface area contributed by atoms with Gasteiger partial charge in [-0.05, 0) is 24.0 Å². The minimum absolute atomic E-state index is 0. The molecule has 0 atom stereocenters. The Morgan fingerprint density at radius 2 is 2.00 bits per heavy atom. The van der Waals surface area contributed by atoms with E-state index in [1.54, 1.807) is 7.11 Å². The SMILES string of the molecule is CCNC(=NCc1cccc(COC)c1)NCc1cc(C(C)C)no1.I. The van der Waals surface area contributed by atoms with Gasteiger partial charge in [0.2, 0.25) is 0 Å². The molecule has 144 valence electrons. The van der Waals surface area contributed by atoms with Crippen LogP contribution in [0.4, 0.5) is 0 Å². The molecule has 0 aliphatic rings. The molecule has 0 aliphatic carbocycles. The number of halogens is 1. The average molecular weight is 472 g/mol. The lowest BCUT2D eigenvalue weighted by Gasteiger charge is -2.10. The maximum absolute atomic E-state index is 5.35. The molecule has 1 aromatic carbocycles. The van der Waals surface area contributed by atoms with E-state index in [1.807, 2.05) is 19.1 Å². The lowest BCUT2D eigenvalue weighted by Crippen LogP contribution is -2.36. The number of ether oxygens (including phenoxy) is 1. The molecule has 0 saturated carbocycles. The minimum Gasteiger partial charge on any atom is -0.380 e. The molecule has 6 nitrogen and oxygen atoms in total. The highest BCUT2D eigenvalue weighted by molar-refractivity contribution is 14.0. The lowest BCUT2D eigenvalue weighted by atomic mass is 10.1. The molecule has 2 aromatic rings. The second-order valence-electron chi connectivity index (χ2n) is 6.17. The minimum atomic E-state index is 0. The Balaban J connectivity index is 0.00000338. The van der Waals surface area contributed by atoms with E-state index < -0.39 is 0 Å². The molecule has 2 N–H and O–H groups in total. The monoisotopic (exact) mass is 472 g/mol. The fraction of sp³-hybridized carbons (Fsp3) is 0.474. The van der Waals surface area contributed by atoms with Crippen molar-refractivity contribution in [2.24, 2.45) is 4.99 Å². The Bertz CT molecular complexity index is 686. The second kappa shape index (κ2) is 11.9. The van der Waals surface area contributed by atoms with Gasteiger partial charge in [0.1, 0.15) is 0 Å². The fourth-order valence-corrected chi connectivity index (χ4v) is 2.35. The number of hydrogen-bond acceptors (Lipinski definition) is 4. The first kappa shape index (κ1) is 22.4. The summed E-state index contributed by atoms with van der Waals surface area (Å²) in [4.78, 5) is 4.63. The van der Waals surface area contributed by atoms with Crippen molar-refractivity contribution in [2.45, 2.75) is 46.4 Å². The van der Waals surface area contributed by atoms with E-state index in [0.29, 0.717) is 25.6 Å². The van der Waals surface area contributed by atoms with Crippen LogP contribution in [-0.4, -0.2) is 24.8 Å². The summed E-state index contributed by atoms with van der Waals surface area (Å²) in [5.41, 5.74) is 3.26. The summed E-state index contributed by atoms with van der Waals surface area (Å²) >= 11 is 0. The highest BCUT2D eigenvalue weighted by Gasteiger charge is 2.08.